The fraction of sp³-hybridized carbons (Fsp3) is 0.467. The van der Waals surface area contributed by atoms with Crippen LogP contribution in [0.5, 0.6) is 0 Å². The van der Waals surface area contributed by atoms with Crippen LogP contribution >= 0.6 is 0 Å². The maximum absolute atomic E-state index is 12.8. The van der Waals surface area contributed by atoms with E-state index in [1.54, 1.807) is 24.0 Å². The van der Waals surface area contributed by atoms with Crippen LogP contribution in [-0.4, -0.2) is 36.5 Å². The molecule has 0 unspecified atom stereocenters. The van der Waals surface area contributed by atoms with E-state index < -0.39 is 0 Å². The summed E-state index contributed by atoms with van der Waals surface area (Å²) in [6.45, 7) is 4.81. The van der Waals surface area contributed by atoms with Crippen molar-refractivity contribution in [3.63, 3.8) is 0 Å². The molecule has 0 aliphatic rings. The number of esters is 1. The third-order valence-corrected chi connectivity index (χ3v) is 2.89. The van der Waals surface area contributed by atoms with Crippen LogP contribution in [0.15, 0.2) is 24.3 Å². The summed E-state index contributed by atoms with van der Waals surface area (Å²) in [4.78, 5) is 25.0. The molecule has 1 amide bonds. The Hall–Kier alpha value is -1.91. The zero-order valence-corrected chi connectivity index (χ0v) is 11.9. The van der Waals surface area contributed by atoms with Gasteiger partial charge in [0.05, 0.1) is 19.4 Å². The molecule has 0 aromatic heterocycles. The lowest BCUT2D eigenvalue weighted by Gasteiger charge is -2.20. The van der Waals surface area contributed by atoms with Crippen molar-refractivity contribution in [1.82, 2.24) is 4.90 Å². The molecule has 0 aliphatic heterocycles. The van der Waals surface area contributed by atoms with Gasteiger partial charge in [-0.2, -0.15) is 0 Å². The minimum atomic E-state index is -0.323. The Kier molecular flexibility index (Phi) is 6.70. The molecule has 110 valence electrons. The topological polar surface area (TPSA) is 46.6 Å². The zero-order chi connectivity index (χ0) is 15.0. The molecule has 0 atom stereocenters. The number of carbonyl (C=O) groups excluding carboxylic acids is 2. The summed E-state index contributed by atoms with van der Waals surface area (Å²) in [5, 5.41) is 0. The molecule has 1 aromatic rings. The number of benzene rings is 1. The highest BCUT2D eigenvalue weighted by molar-refractivity contribution is 5.79. The predicted octanol–water partition coefficient (Wildman–Crippen LogP) is 2.17. The minimum Gasteiger partial charge on any atom is -0.466 e. The van der Waals surface area contributed by atoms with E-state index in [4.69, 9.17) is 4.74 Å². The molecule has 0 fully saturated rings. The molecule has 0 radical (unpaired) electrons. The van der Waals surface area contributed by atoms with Gasteiger partial charge in [-0.05, 0) is 31.5 Å². The highest BCUT2D eigenvalue weighted by atomic mass is 19.1. The zero-order valence-electron chi connectivity index (χ0n) is 11.9. The Labute approximate surface area is 118 Å². The number of ether oxygens (including phenoxy) is 1. The Morgan fingerprint density at radius 3 is 2.40 bits per heavy atom. The van der Waals surface area contributed by atoms with Crippen LogP contribution in [0, 0.1) is 5.82 Å². The summed E-state index contributed by atoms with van der Waals surface area (Å²) in [6.07, 6.45) is 0.397. The second-order valence-corrected chi connectivity index (χ2v) is 4.33. The first-order valence-electron chi connectivity index (χ1n) is 6.74. The van der Waals surface area contributed by atoms with E-state index >= 15 is 0 Å². The van der Waals surface area contributed by atoms with Crippen LogP contribution in [0.1, 0.15) is 25.8 Å². The molecule has 0 bridgehead atoms. The van der Waals surface area contributed by atoms with Gasteiger partial charge >= 0.3 is 5.97 Å². The molecule has 0 spiro atoms. The minimum absolute atomic E-state index is 0.0802. The summed E-state index contributed by atoms with van der Waals surface area (Å²) in [5.41, 5.74) is 0.756. The number of hydrogen-bond donors (Lipinski definition) is 0. The number of amides is 1. The molecule has 0 heterocycles. The molecule has 0 aliphatic carbocycles. The lowest BCUT2D eigenvalue weighted by atomic mass is 10.1. The molecular weight excluding hydrogens is 261 g/mol. The van der Waals surface area contributed by atoms with E-state index in [-0.39, 0.29) is 30.5 Å². The molecule has 1 aromatic carbocycles. The van der Waals surface area contributed by atoms with E-state index in [0.717, 1.165) is 5.56 Å². The summed E-state index contributed by atoms with van der Waals surface area (Å²) >= 11 is 0. The standard InChI is InChI=1S/C15H20FNO3/c1-3-17(10-9-15(19)20-4-2)14(18)11-12-5-7-13(16)8-6-12/h5-8H,3-4,9-11H2,1-2H3. The van der Waals surface area contributed by atoms with Crippen molar-refractivity contribution < 1.29 is 18.7 Å². The average molecular weight is 281 g/mol. The number of halogens is 1. The van der Waals surface area contributed by atoms with Crippen LogP contribution in [-0.2, 0) is 20.7 Å². The van der Waals surface area contributed by atoms with Crippen LogP contribution in [0.25, 0.3) is 0 Å². The van der Waals surface area contributed by atoms with E-state index in [1.165, 1.54) is 12.1 Å². The number of rotatable bonds is 7. The van der Waals surface area contributed by atoms with Gasteiger partial charge in [0.15, 0.2) is 0 Å². The first-order chi connectivity index (χ1) is 9.56. The molecule has 4 nitrogen and oxygen atoms in total. The van der Waals surface area contributed by atoms with Gasteiger partial charge in [-0.25, -0.2) is 4.39 Å². The van der Waals surface area contributed by atoms with Gasteiger partial charge < -0.3 is 9.64 Å². The molecular formula is C15H20FNO3. The Morgan fingerprint density at radius 2 is 1.85 bits per heavy atom. The fourth-order valence-electron chi connectivity index (χ4n) is 1.81. The molecule has 0 N–H and O–H groups in total. The van der Waals surface area contributed by atoms with Crippen molar-refractivity contribution in [1.29, 1.82) is 0 Å². The fourth-order valence-corrected chi connectivity index (χ4v) is 1.81. The van der Waals surface area contributed by atoms with Crippen LogP contribution in [0.3, 0.4) is 0 Å². The van der Waals surface area contributed by atoms with Crippen molar-refractivity contribution in [3.05, 3.63) is 35.6 Å². The smallest absolute Gasteiger partial charge is 0.307 e. The van der Waals surface area contributed by atoms with Gasteiger partial charge in [0.2, 0.25) is 5.91 Å². The van der Waals surface area contributed by atoms with E-state index in [9.17, 15) is 14.0 Å². The van der Waals surface area contributed by atoms with Crippen molar-refractivity contribution >= 4 is 11.9 Å². The molecule has 20 heavy (non-hydrogen) atoms. The average Bonchev–Trinajstić information content (AvgIpc) is 2.42. The monoisotopic (exact) mass is 281 g/mol. The number of hydrogen-bond acceptors (Lipinski definition) is 3. The quantitative estimate of drug-likeness (QED) is 0.720. The third-order valence-electron chi connectivity index (χ3n) is 2.89. The molecule has 0 saturated heterocycles. The highest BCUT2D eigenvalue weighted by Gasteiger charge is 2.14. The van der Waals surface area contributed by atoms with Gasteiger partial charge in [-0.15, -0.1) is 0 Å². The van der Waals surface area contributed by atoms with Gasteiger partial charge in [-0.3, -0.25) is 9.59 Å². The third kappa shape index (κ3) is 5.38. The Balaban J connectivity index is 2.50. The summed E-state index contributed by atoms with van der Waals surface area (Å²) in [5.74, 6) is -0.709. The molecule has 1 rings (SSSR count). The normalized spacial score (nSPS) is 10.2. The second-order valence-electron chi connectivity index (χ2n) is 4.33. The predicted molar refractivity (Wildman–Crippen MR) is 73.6 cm³/mol. The van der Waals surface area contributed by atoms with Crippen LogP contribution < -0.4 is 0 Å². The van der Waals surface area contributed by atoms with E-state index in [0.29, 0.717) is 19.7 Å². The Bertz CT molecular complexity index is 445. The first kappa shape index (κ1) is 16.1. The largest absolute Gasteiger partial charge is 0.466 e. The van der Waals surface area contributed by atoms with Crippen LogP contribution in [0.4, 0.5) is 4.39 Å². The number of likely N-dealkylation sites (N-methyl/N-ethyl adjacent to an activating group) is 1. The van der Waals surface area contributed by atoms with Gasteiger partial charge in [-0.1, -0.05) is 12.1 Å². The van der Waals surface area contributed by atoms with Crippen LogP contribution in [0.2, 0.25) is 0 Å². The SMILES string of the molecule is CCOC(=O)CCN(CC)C(=O)Cc1ccc(F)cc1. The van der Waals surface area contributed by atoms with Gasteiger partial charge in [0, 0.05) is 13.1 Å². The van der Waals surface area contributed by atoms with Crippen molar-refractivity contribution in [2.24, 2.45) is 0 Å². The number of carbonyl (C=O) groups is 2. The highest BCUT2D eigenvalue weighted by Crippen LogP contribution is 2.06. The summed E-state index contributed by atoms with van der Waals surface area (Å²) in [7, 11) is 0. The number of nitrogens with zero attached hydrogens (tertiary/aromatic N) is 1. The van der Waals surface area contributed by atoms with Gasteiger partial charge in [0.25, 0.3) is 0 Å². The van der Waals surface area contributed by atoms with Crippen molar-refractivity contribution in [2.45, 2.75) is 26.7 Å². The summed E-state index contributed by atoms with van der Waals surface area (Å²) < 4.78 is 17.6. The van der Waals surface area contributed by atoms with E-state index in [2.05, 4.69) is 0 Å². The lowest BCUT2D eigenvalue weighted by Crippen LogP contribution is -2.34. The van der Waals surface area contributed by atoms with Gasteiger partial charge in [0.1, 0.15) is 5.82 Å². The first-order valence-corrected chi connectivity index (χ1v) is 6.74. The van der Waals surface area contributed by atoms with E-state index in [1.807, 2.05) is 6.92 Å². The van der Waals surface area contributed by atoms with Crippen molar-refractivity contribution in [2.75, 3.05) is 19.7 Å². The molecule has 5 heteroatoms. The molecule has 0 saturated carbocycles. The Morgan fingerprint density at radius 1 is 1.20 bits per heavy atom. The van der Waals surface area contributed by atoms with Crippen molar-refractivity contribution in [3.8, 4) is 0 Å². The maximum Gasteiger partial charge on any atom is 0.307 e. The summed E-state index contributed by atoms with van der Waals surface area (Å²) in [6, 6.07) is 5.84. The lowest BCUT2D eigenvalue weighted by molar-refractivity contribution is -0.144. The second kappa shape index (κ2) is 8.30. The maximum atomic E-state index is 12.8.